The smallest absolute Gasteiger partial charge is 0.270 e. The zero-order valence-corrected chi connectivity index (χ0v) is 16.3. The summed E-state index contributed by atoms with van der Waals surface area (Å²) in [5, 5.41) is 7.54. The van der Waals surface area contributed by atoms with Crippen LogP contribution in [0.25, 0.3) is 17.0 Å². The zero-order valence-electron chi connectivity index (χ0n) is 16.3. The third-order valence-corrected chi connectivity index (χ3v) is 4.64. The van der Waals surface area contributed by atoms with E-state index in [0.29, 0.717) is 17.9 Å². The molecule has 7 nitrogen and oxygen atoms in total. The summed E-state index contributed by atoms with van der Waals surface area (Å²) in [7, 11) is 1.62. The molecule has 0 radical (unpaired) electrons. The molecule has 3 heterocycles. The fraction of sp³-hybridized carbons (Fsp3) is 0.182. The van der Waals surface area contributed by atoms with Crippen LogP contribution < -0.4 is 10.1 Å². The fourth-order valence-corrected chi connectivity index (χ4v) is 3.06. The van der Waals surface area contributed by atoms with Gasteiger partial charge in [-0.2, -0.15) is 5.10 Å². The number of carbonyl (C=O) groups is 1. The summed E-state index contributed by atoms with van der Waals surface area (Å²) in [6, 6.07) is 16.9. The molecule has 29 heavy (non-hydrogen) atoms. The highest BCUT2D eigenvalue weighted by atomic mass is 16.5. The molecule has 0 unspecified atom stereocenters. The van der Waals surface area contributed by atoms with Crippen molar-refractivity contribution in [3.05, 3.63) is 77.7 Å². The largest absolute Gasteiger partial charge is 0.497 e. The number of carbonyl (C=O) groups excluding carboxylic acids is 1. The number of hydrogen-bond acceptors (Lipinski definition) is 5. The first kappa shape index (κ1) is 18.6. The molecule has 0 aliphatic rings. The lowest BCUT2D eigenvalue weighted by Crippen LogP contribution is -2.24. The normalized spacial score (nSPS) is 10.8. The van der Waals surface area contributed by atoms with E-state index in [1.807, 2.05) is 55.5 Å². The van der Waals surface area contributed by atoms with E-state index in [1.165, 1.54) is 0 Å². The van der Waals surface area contributed by atoms with Crippen LogP contribution in [-0.4, -0.2) is 32.6 Å². The van der Waals surface area contributed by atoms with Crippen molar-refractivity contribution in [1.29, 1.82) is 0 Å². The van der Waals surface area contributed by atoms with Crippen molar-refractivity contribution >= 4 is 11.6 Å². The van der Waals surface area contributed by atoms with E-state index in [1.54, 1.807) is 23.9 Å². The predicted octanol–water partition coefficient (Wildman–Crippen LogP) is 3.29. The van der Waals surface area contributed by atoms with Crippen LogP contribution in [-0.2, 0) is 13.0 Å². The molecule has 4 rings (SSSR count). The lowest BCUT2D eigenvalue weighted by atomic mass is 10.2. The fourth-order valence-electron chi connectivity index (χ4n) is 3.06. The number of pyridine rings is 1. The molecule has 146 valence electrons. The summed E-state index contributed by atoms with van der Waals surface area (Å²) in [5.74, 6) is 0.558. The van der Waals surface area contributed by atoms with Gasteiger partial charge in [-0.1, -0.05) is 25.1 Å². The second-order valence-corrected chi connectivity index (χ2v) is 6.53. The Bertz CT molecular complexity index is 1140. The average molecular weight is 387 g/mol. The molecule has 0 saturated heterocycles. The van der Waals surface area contributed by atoms with Gasteiger partial charge < -0.3 is 10.1 Å². The Morgan fingerprint density at radius 3 is 2.62 bits per heavy atom. The Kier molecular flexibility index (Phi) is 5.20. The van der Waals surface area contributed by atoms with Gasteiger partial charge in [0.1, 0.15) is 17.1 Å². The first-order valence-electron chi connectivity index (χ1n) is 9.40. The van der Waals surface area contributed by atoms with E-state index < -0.39 is 0 Å². The van der Waals surface area contributed by atoms with Crippen LogP contribution in [0.2, 0.25) is 0 Å². The van der Waals surface area contributed by atoms with Crippen LogP contribution in [0.4, 0.5) is 0 Å². The Hall–Kier alpha value is -3.74. The molecule has 0 fully saturated rings. The number of methoxy groups -OCH3 is 1. The van der Waals surface area contributed by atoms with Crippen LogP contribution >= 0.6 is 0 Å². The third-order valence-electron chi connectivity index (χ3n) is 4.64. The van der Waals surface area contributed by atoms with Gasteiger partial charge in [-0.15, -0.1) is 0 Å². The molecule has 1 amide bonds. The molecule has 0 atom stereocenters. The van der Waals surface area contributed by atoms with E-state index in [2.05, 4.69) is 20.4 Å². The van der Waals surface area contributed by atoms with Crippen LogP contribution in [0.5, 0.6) is 5.75 Å². The second-order valence-electron chi connectivity index (χ2n) is 6.53. The molecule has 0 aliphatic carbocycles. The number of nitrogens with one attached hydrogen (secondary N) is 1. The molecule has 3 aromatic heterocycles. The maximum Gasteiger partial charge on any atom is 0.270 e. The lowest BCUT2D eigenvalue weighted by molar-refractivity contribution is 0.0946. The quantitative estimate of drug-likeness (QED) is 0.549. The molecule has 4 aromatic rings. The van der Waals surface area contributed by atoms with Crippen molar-refractivity contribution in [3.8, 4) is 17.1 Å². The molecule has 0 bridgehead atoms. The molecule has 0 spiro atoms. The number of amides is 1. The molecule has 1 N–H and O–H groups in total. The molecule has 0 saturated carbocycles. The van der Waals surface area contributed by atoms with Gasteiger partial charge in [-0.25, -0.2) is 9.50 Å². The highest BCUT2D eigenvalue weighted by Crippen LogP contribution is 2.18. The van der Waals surface area contributed by atoms with Crippen LogP contribution in [0.1, 0.15) is 28.7 Å². The van der Waals surface area contributed by atoms with Crippen molar-refractivity contribution in [2.75, 3.05) is 7.11 Å². The van der Waals surface area contributed by atoms with Crippen LogP contribution in [0.3, 0.4) is 0 Å². The van der Waals surface area contributed by atoms with E-state index in [0.717, 1.165) is 34.8 Å². The Morgan fingerprint density at radius 2 is 1.93 bits per heavy atom. The number of rotatable bonds is 6. The number of nitrogens with zero attached hydrogens (tertiary/aromatic N) is 4. The van der Waals surface area contributed by atoms with Crippen molar-refractivity contribution in [2.45, 2.75) is 19.9 Å². The SMILES string of the molecule is CCc1cc(C(=O)NCc2ccc(OC)cc2)nc2cc(-c3ccccn3)nn12. The number of ether oxygens (including phenoxy) is 1. The highest BCUT2D eigenvalue weighted by Gasteiger charge is 2.14. The number of aryl methyl sites for hydroxylation is 1. The van der Waals surface area contributed by atoms with Gasteiger partial charge >= 0.3 is 0 Å². The van der Waals surface area contributed by atoms with Gasteiger partial charge in [0.2, 0.25) is 0 Å². The molecule has 1 aromatic carbocycles. The summed E-state index contributed by atoms with van der Waals surface area (Å²) in [6.07, 6.45) is 2.45. The molecule has 0 aliphatic heterocycles. The Labute approximate surface area is 168 Å². The molecular weight excluding hydrogens is 366 g/mol. The van der Waals surface area contributed by atoms with Crippen molar-refractivity contribution < 1.29 is 9.53 Å². The van der Waals surface area contributed by atoms with Gasteiger partial charge in [0.15, 0.2) is 5.65 Å². The van der Waals surface area contributed by atoms with Crippen molar-refractivity contribution in [2.24, 2.45) is 0 Å². The monoisotopic (exact) mass is 387 g/mol. The van der Waals surface area contributed by atoms with E-state index in [4.69, 9.17) is 4.74 Å². The minimum atomic E-state index is -0.224. The first-order valence-corrected chi connectivity index (χ1v) is 9.40. The number of aromatic nitrogens is 4. The zero-order chi connectivity index (χ0) is 20.2. The standard InChI is InChI=1S/C22H21N5O2/c1-3-16-12-20(22(28)24-14-15-7-9-17(29-2)10-8-15)25-21-13-19(26-27(16)21)18-6-4-5-11-23-18/h4-13H,3,14H2,1-2H3,(H,24,28). The maximum atomic E-state index is 12.7. The van der Waals surface area contributed by atoms with Crippen LogP contribution in [0, 0.1) is 0 Å². The van der Waals surface area contributed by atoms with E-state index >= 15 is 0 Å². The summed E-state index contributed by atoms with van der Waals surface area (Å²) in [5.41, 5.74) is 4.38. The minimum Gasteiger partial charge on any atom is -0.497 e. The maximum absolute atomic E-state index is 12.7. The van der Waals surface area contributed by atoms with Gasteiger partial charge in [0.05, 0.1) is 12.8 Å². The Balaban J connectivity index is 1.58. The van der Waals surface area contributed by atoms with Gasteiger partial charge in [0, 0.05) is 24.5 Å². The highest BCUT2D eigenvalue weighted by molar-refractivity contribution is 5.92. The summed E-state index contributed by atoms with van der Waals surface area (Å²) >= 11 is 0. The van der Waals surface area contributed by atoms with E-state index in [9.17, 15) is 4.79 Å². The molecular formula is C22H21N5O2. The second kappa shape index (κ2) is 8.10. The third kappa shape index (κ3) is 3.94. The minimum absolute atomic E-state index is 0.224. The van der Waals surface area contributed by atoms with Crippen LogP contribution in [0.15, 0.2) is 60.8 Å². The molecule has 7 heteroatoms. The van der Waals surface area contributed by atoms with Gasteiger partial charge in [-0.3, -0.25) is 9.78 Å². The van der Waals surface area contributed by atoms with Gasteiger partial charge in [0.25, 0.3) is 5.91 Å². The van der Waals surface area contributed by atoms with E-state index in [-0.39, 0.29) is 5.91 Å². The lowest BCUT2D eigenvalue weighted by Gasteiger charge is -2.08. The summed E-state index contributed by atoms with van der Waals surface area (Å²) in [4.78, 5) is 21.5. The topological polar surface area (TPSA) is 81.4 Å². The van der Waals surface area contributed by atoms with Crippen molar-refractivity contribution in [1.82, 2.24) is 24.9 Å². The number of hydrogen-bond donors (Lipinski definition) is 1. The van der Waals surface area contributed by atoms with Crippen molar-refractivity contribution in [3.63, 3.8) is 0 Å². The first-order chi connectivity index (χ1) is 14.2. The average Bonchev–Trinajstić information content (AvgIpc) is 3.22. The van der Waals surface area contributed by atoms with Gasteiger partial charge in [-0.05, 0) is 42.3 Å². The summed E-state index contributed by atoms with van der Waals surface area (Å²) < 4.78 is 6.92. The number of fused-ring (bicyclic) bond motifs is 1. The Morgan fingerprint density at radius 1 is 1.10 bits per heavy atom. The number of benzene rings is 1. The predicted molar refractivity (Wildman–Crippen MR) is 110 cm³/mol. The summed E-state index contributed by atoms with van der Waals surface area (Å²) in [6.45, 7) is 2.44.